The van der Waals surface area contributed by atoms with Crippen LogP contribution in [-0.4, -0.2) is 62.9 Å². The van der Waals surface area contributed by atoms with Crippen LogP contribution in [0.5, 0.6) is 11.5 Å². The Morgan fingerprint density at radius 2 is 1.88 bits per heavy atom. The number of nitrogens with one attached hydrogen (secondary N) is 1. The van der Waals surface area contributed by atoms with Gasteiger partial charge in [0.25, 0.3) is 5.91 Å². The predicted octanol–water partition coefficient (Wildman–Crippen LogP) is 3.36. The lowest BCUT2D eigenvalue weighted by atomic mass is 9.99. The Morgan fingerprint density at radius 3 is 2.55 bits per heavy atom. The summed E-state index contributed by atoms with van der Waals surface area (Å²) < 4.78 is 10.9. The molecule has 2 N–H and O–H groups in total. The summed E-state index contributed by atoms with van der Waals surface area (Å²) in [6, 6.07) is 12.3. The highest BCUT2D eigenvalue weighted by molar-refractivity contribution is 6.00. The van der Waals surface area contributed by atoms with E-state index in [2.05, 4.69) is 16.3 Å². The number of fused-ring (bicyclic) bond motifs is 1. The van der Waals surface area contributed by atoms with Crippen LogP contribution in [0.1, 0.15) is 53.2 Å². The quantitative estimate of drug-likeness (QED) is 0.607. The number of rotatable bonds is 9. The van der Waals surface area contributed by atoms with E-state index >= 15 is 0 Å². The normalized spacial score (nSPS) is 17.3. The fourth-order valence-corrected chi connectivity index (χ4v) is 5.14. The molecular weight excluding hydrogens is 418 g/mol. The largest absolute Gasteiger partial charge is 0.493 e. The second-order valence-electron chi connectivity index (χ2n) is 8.78. The van der Waals surface area contributed by atoms with Crippen LogP contribution in [0.2, 0.25) is 0 Å². The number of carbonyl (C=O) groups is 1. The minimum atomic E-state index is -0.153. The summed E-state index contributed by atoms with van der Waals surface area (Å²) in [5.74, 6) is 1.35. The van der Waals surface area contributed by atoms with E-state index in [0.717, 1.165) is 42.6 Å². The van der Waals surface area contributed by atoms with Gasteiger partial charge in [-0.15, -0.1) is 0 Å². The minimum absolute atomic E-state index is 0.0506. The van der Waals surface area contributed by atoms with Gasteiger partial charge in [-0.25, -0.2) is 0 Å². The van der Waals surface area contributed by atoms with Gasteiger partial charge in [0, 0.05) is 49.1 Å². The van der Waals surface area contributed by atoms with E-state index in [-0.39, 0.29) is 18.6 Å². The third-order valence-corrected chi connectivity index (χ3v) is 7.02. The van der Waals surface area contributed by atoms with E-state index in [4.69, 9.17) is 9.47 Å². The van der Waals surface area contributed by atoms with Gasteiger partial charge >= 0.3 is 0 Å². The number of ether oxygens (including phenoxy) is 2. The Hall–Kier alpha value is -2.77. The number of carbonyl (C=O) groups excluding carboxylic acids is 1. The molecule has 7 nitrogen and oxygen atoms in total. The van der Waals surface area contributed by atoms with Gasteiger partial charge in [-0.05, 0) is 62.6 Å². The van der Waals surface area contributed by atoms with Crippen LogP contribution in [0.3, 0.4) is 0 Å². The molecule has 1 amide bonds. The number of aliphatic hydroxyl groups excluding tert-OH is 1. The van der Waals surface area contributed by atoms with Crippen molar-refractivity contribution in [2.24, 2.45) is 0 Å². The number of amides is 1. The lowest BCUT2D eigenvalue weighted by molar-refractivity contribution is 0.0682. The summed E-state index contributed by atoms with van der Waals surface area (Å²) in [6.45, 7) is 2.63. The van der Waals surface area contributed by atoms with E-state index in [0.29, 0.717) is 36.9 Å². The van der Waals surface area contributed by atoms with Gasteiger partial charge in [0.2, 0.25) is 0 Å². The Labute approximate surface area is 196 Å². The first-order valence-corrected chi connectivity index (χ1v) is 11.8. The van der Waals surface area contributed by atoms with E-state index in [1.54, 1.807) is 14.2 Å². The molecule has 2 aromatic carbocycles. The first-order valence-electron chi connectivity index (χ1n) is 11.8. The maximum atomic E-state index is 13.6. The minimum Gasteiger partial charge on any atom is -0.493 e. The predicted molar refractivity (Wildman–Crippen MR) is 129 cm³/mol. The van der Waals surface area contributed by atoms with Crippen molar-refractivity contribution in [3.63, 3.8) is 0 Å². The molecule has 33 heavy (non-hydrogen) atoms. The zero-order valence-electron chi connectivity index (χ0n) is 19.8. The van der Waals surface area contributed by atoms with Crippen LogP contribution in [0.25, 0.3) is 0 Å². The summed E-state index contributed by atoms with van der Waals surface area (Å²) >= 11 is 0. The van der Waals surface area contributed by atoms with Gasteiger partial charge in [0.1, 0.15) is 0 Å². The summed E-state index contributed by atoms with van der Waals surface area (Å²) in [5, 5.41) is 12.9. The van der Waals surface area contributed by atoms with E-state index in [1.165, 1.54) is 5.69 Å². The fourth-order valence-electron chi connectivity index (χ4n) is 5.14. The molecule has 7 heteroatoms. The highest BCUT2D eigenvalue weighted by Crippen LogP contribution is 2.40. The molecule has 0 spiro atoms. The second-order valence-corrected chi connectivity index (χ2v) is 8.78. The average Bonchev–Trinajstić information content (AvgIpc) is 3.20. The molecule has 0 radical (unpaired) electrons. The molecule has 1 atom stereocenters. The van der Waals surface area contributed by atoms with Gasteiger partial charge in [0.05, 0.1) is 20.3 Å². The maximum Gasteiger partial charge on any atom is 0.255 e. The zero-order chi connectivity index (χ0) is 23.4. The van der Waals surface area contributed by atoms with Crippen LogP contribution in [0.15, 0.2) is 36.4 Å². The van der Waals surface area contributed by atoms with Crippen LogP contribution in [-0.2, 0) is 6.54 Å². The molecule has 1 saturated heterocycles. The molecule has 0 aliphatic carbocycles. The number of piperidine rings is 1. The Bertz CT molecular complexity index is 972. The van der Waals surface area contributed by atoms with Crippen molar-refractivity contribution in [3.05, 3.63) is 53.1 Å². The molecule has 2 aliphatic rings. The first-order chi connectivity index (χ1) is 16.1. The summed E-state index contributed by atoms with van der Waals surface area (Å²) in [4.78, 5) is 17.9. The fraction of sp³-hybridized carbons (Fsp3) is 0.500. The van der Waals surface area contributed by atoms with Crippen LogP contribution in [0.4, 0.5) is 5.69 Å². The molecule has 0 bridgehead atoms. The standard InChI is InChI=1S/C26H35N3O4/c1-27-19-11-13-28(14-12-19)23-7-4-6-20-21(23)17-29(26(20)31)22(8-5-15-30)18-9-10-24(32-2)25(16-18)33-3/h4,6-7,9-10,16,19,22,27,30H,5,8,11-15,17H2,1-3H3/t22-/m1/s1. The van der Waals surface area contributed by atoms with Gasteiger partial charge in [-0.2, -0.15) is 0 Å². The van der Waals surface area contributed by atoms with Crippen molar-refractivity contribution in [1.29, 1.82) is 0 Å². The van der Waals surface area contributed by atoms with Crippen molar-refractivity contribution < 1.29 is 19.4 Å². The van der Waals surface area contributed by atoms with Crippen molar-refractivity contribution >= 4 is 11.6 Å². The van der Waals surface area contributed by atoms with Crippen LogP contribution in [0, 0.1) is 0 Å². The van der Waals surface area contributed by atoms with Gasteiger partial charge in [-0.3, -0.25) is 4.79 Å². The van der Waals surface area contributed by atoms with Crippen LogP contribution < -0.4 is 19.7 Å². The molecule has 1 fully saturated rings. The second kappa shape index (κ2) is 10.4. The molecule has 2 heterocycles. The number of aliphatic hydroxyl groups is 1. The average molecular weight is 454 g/mol. The van der Waals surface area contributed by atoms with Gasteiger partial charge < -0.3 is 29.7 Å². The lowest BCUT2D eigenvalue weighted by Crippen LogP contribution is -2.41. The molecular formula is C26H35N3O4. The number of anilines is 1. The Balaban J connectivity index is 1.63. The number of nitrogens with zero attached hydrogens (tertiary/aromatic N) is 2. The molecule has 2 aromatic rings. The molecule has 4 rings (SSSR count). The molecule has 0 unspecified atom stereocenters. The highest BCUT2D eigenvalue weighted by atomic mass is 16.5. The van der Waals surface area contributed by atoms with Crippen molar-refractivity contribution in [2.75, 3.05) is 45.9 Å². The monoisotopic (exact) mass is 453 g/mol. The van der Waals surface area contributed by atoms with Crippen molar-refractivity contribution in [3.8, 4) is 11.5 Å². The highest BCUT2D eigenvalue weighted by Gasteiger charge is 2.36. The number of hydrogen-bond donors (Lipinski definition) is 2. The Kier molecular flexibility index (Phi) is 7.40. The molecule has 2 aliphatic heterocycles. The summed E-state index contributed by atoms with van der Waals surface area (Å²) in [6.07, 6.45) is 3.49. The third kappa shape index (κ3) is 4.66. The molecule has 0 aromatic heterocycles. The molecule has 178 valence electrons. The zero-order valence-corrected chi connectivity index (χ0v) is 19.8. The summed E-state index contributed by atoms with van der Waals surface area (Å²) in [7, 11) is 5.25. The topological polar surface area (TPSA) is 74.3 Å². The van der Waals surface area contributed by atoms with E-state index in [1.807, 2.05) is 42.3 Å². The van der Waals surface area contributed by atoms with Crippen LogP contribution >= 0.6 is 0 Å². The number of hydrogen-bond acceptors (Lipinski definition) is 6. The van der Waals surface area contributed by atoms with Crippen molar-refractivity contribution in [2.45, 2.75) is 44.3 Å². The SMILES string of the molecule is CNC1CCN(c2cccc3c2CN([C@H](CCCO)c2ccc(OC)c(OC)c2)C3=O)CC1. The number of methoxy groups -OCH3 is 2. The van der Waals surface area contributed by atoms with Gasteiger partial charge in [0.15, 0.2) is 11.5 Å². The van der Waals surface area contributed by atoms with Crippen molar-refractivity contribution in [1.82, 2.24) is 10.2 Å². The van der Waals surface area contributed by atoms with E-state index in [9.17, 15) is 9.90 Å². The van der Waals surface area contributed by atoms with E-state index < -0.39 is 0 Å². The smallest absolute Gasteiger partial charge is 0.255 e. The maximum absolute atomic E-state index is 13.6. The summed E-state index contributed by atoms with van der Waals surface area (Å²) in [5.41, 5.74) is 4.06. The number of benzene rings is 2. The third-order valence-electron chi connectivity index (χ3n) is 7.02. The Morgan fingerprint density at radius 1 is 1.12 bits per heavy atom. The lowest BCUT2D eigenvalue weighted by Gasteiger charge is -2.34. The first kappa shape index (κ1) is 23.4. The van der Waals surface area contributed by atoms with Gasteiger partial charge in [-0.1, -0.05) is 12.1 Å². The molecule has 0 saturated carbocycles.